The Labute approximate surface area is 111 Å². The van der Waals surface area contributed by atoms with Gasteiger partial charge in [0.2, 0.25) is 0 Å². The van der Waals surface area contributed by atoms with Crippen LogP contribution in [-0.2, 0) is 0 Å². The predicted molar refractivity (Wildman–Crippen MR) is 71.0 cm³/mol. The lowest BCUT2D eigenvalue weighted by Crippen LogP contribution is -2.09. The highest BCUT2D eigenvalue weighted by Gasteiger charge is 2.10. The number of aryl methyl sites for hydroxylation is 1. The first-order valence-corrected chi connectivity index (χ1v) is 5.93. The summed E-state index contributed by atoms with van der Waals surface area (Å²) in [5.41, 5.74) is 6.34. The van der Waals surface area contributed by atoms with Gasteiger partial charge in [0.1, 0.15) is 0 Å². The molecule has 0 saturated heterocycles. The van der Waals surface area contributed by atoms with Crippen LogP contribution >= 0.6 is 11.6 Å². The second kappa shape index (κ2) is 6.16. The summed E-state index contributed by atoms with van der Waals surface area (Å²) in [6.07, 6.45) is 4.50. The first kappa shape index (κ1) is 14.2. The van der Waals surface area contributed by atoms with Gasteiger partial charge in [-0.2, -0.15) is 5.10 Å². The minimum Gasteiger partial charge on any atom is -0.366 e. The molecule has 2 aromatic rings. The van der Waals surface area contributed by atoms with E-state index in [4.69, 9.17) is 17.3 Å². The van der Waals surface area contributed by atoms with Gasteiger partial charge in [-0.05, 0) is 18.6 Å². The number of primary amides is 1. The van der Waals surface area contributed by atoms with Crippen molar-refractivity contribution >= 4 is 17.5 Å². The van der Waals surface area contributed by atoms with Crippen LogP contribution in [0.4, 0.5) is 0 Å². The minimum atomic E-state index is -0.532. The molecule has 0 atom stereocenters. The number of nitrogens with two attached hydrogens (primary N) is 1. The lowest BCUT2D eigenvalue weighted by Gasteiger charge is -2.04. The minimum absolute atomic E-state index is 0.319. The Balaban J connectivity index is 0.000000771. The second-order valence-corrected chi connectivity index (χ2v) is 3.68. The topological polar surface area (TPSA) is 73.8 Å². The third kappa shape index (κ3) is 2.87. The van der Waals surface area contributed by atoms with Crippen molar-refractivity contribution in [1.29, 1.82) is 0 Å². The zero-order valence-corrected chi connectivity index (χ0v) is 11.3. The van der Waals surface area contributed by atoms with Gasteiger partial charge in [-0.25, -0.2) is 9.67 Å². The molecule has 0 aliphatic heterocycles. The van der Waals surface area contributed by atoms with Gasteiger partial charge in [0.15, 0.2) is 5.82 Å². The summed E-state index contributed by atoms with van der Waals surface area (Å²) in [6.45, 7) is 5.87. The van der Waals surface area contributed by atoms with Gasteiger partial charge < -0.3 is 5.73 Å². The maximum atomic E-state index is 10.9. The molecule has 2 aromatic heterocycles. The maximum Gasteiger partial charge on any atom is 0.251 e. The van der Waals surface area contributed by atoms with Gasteiger partial charge in [0, 0.05) is 12.4 Å². The van der Waals surface area contributed by atoms with Crippen LogP contribution in [0, 0.1) is 6.92 Å². The third-order valence-electron chi connectivity index (χ3n) is 2.15. The van der Waals surface area contributed by atoms with Gasteiger partial charge >= 0.3 is 0 Å². The highest BCUT2D eigenvalue weighted by molar-refractivity contribution is 6.32. The van der Waals surface area contributed by atoms with Crippen LogP contribution in [0.25, 0.3) is 5.82 Å². The Hall–Kier alpha value is -1.88. The van der Waals surface area contributed by atoms with Crippen LogP contribution in [0.1, 0.15) is 29.8 Å². The van der Waals surface area contributed by atoms with E-state index in [0.717, 1.165) is 5.56 Å². The standard InChI is InChI=1S/C10H9ClN4O.C2H6/c1-6-2-3-13-10(8(6)11)15-5-7(4-14-15)9(12)16;1-2/h2-5H,1H3,(H2,12,16);1-2H3. The zero-order valence-electron chi connectivity index (χ0n) is 10.5. The van der Waals surface area contributed by atoms with Crippen molar-refractivity contribution in [3.8, 4) is 5.82 Å². The van der Waals surface area contributed by atoms with E-state index in [1.807, 2.05) is 20.8 Å². The van der Waals surface area contributed by atoms with E-state index in [1.165, 1.54) is 17.1 Å². The summed E-state index contributed by atoms with van der Waals surface area (Å²) >= 11 is 6.08. The van der Waals surface area contributed by atoms with Gasteiger partial charge in [-0.1, -0.05) is 25.4 Å². The van der Waals surface area contributed by atoms with Gasteiger partial charge in [0.25, 0.3) is 5.91 Å². The molecule has 0 spiro atoms. The van der Waals surface area contributed by atoms with E-state index in [2.05, 4.69) is 10.1 Å². The molecule has 1 amide bonds. The summed E-state index contributed by atoms with van der Waals surface area (Å²) < 4.78 is 1.43. The van der Waals surface area contributed by atoms with Crippen molar-refractivity contribution in [2.45, 2.75) is 20.8 Å². The first-order valence-electron chi connectivity index (χ1n) is 5.55. The second-order valence-electron chi connectivity index (χ2n) is 3.30. The van der Waals surface area contributed by atoms with E-state index < -0.39 is 5.91 Å². The number of amides is 1. The first-order chi connectivity index (χ1) is 8.59. The number of rotatable bonds is 2. The molecule has 0 radical (unpaired) electrons. The number of nitrogens with zero attached hydrogens (tertiary/aromatic N) is 3. The fourth-order valence-electron chi connectivity index (χ4n) is 1.25. The van der Waals surface area contributed by atoms with E-state index in [-0.39, 0.29) is 0 Å². The fraction of sp³-hybridized carbons (Fsp3) is 0.250. The van der Waals surface area contributed by atoms with E-state index >= 15 is 0 Å². The number of halogens is 1. The van der Waals surface area contributed by atoms with Crippen molar-refractivity contribution < 1.29 is 4.79 Å². The Morgan fingerprint density at radius 1 is 1.44 bits per heavy atom. The normalized spacial score (nSPS) is 9.56. The molecular weight excluding hydrogens is 252 g/mol. The summed E-state index contributed by atoms with van der Waals surface area (Å²) in [5.74, 6) is -0.0517. The molecule has 0 saturated carbocycles. The number of hydrogen-bond donors (Lipinski definition) is 1. The Morgan fingerprint density at radius 2 is 2.11 bits per heavy atom. The van der Waals surface area contributed by atoms with Gasteiger partial charge in [-0.15, -0.1) is 0 Å². The molecule has 5 nitrogen and oxygen atoms in total. The quantitative estimate of drug-likeness (QED) is 0.907. The van der Waals surface area contributed by atoms with Crippen LogP contribution in [0.3, 0.4) is 0 Å². The third-order valence-corrected chi connectivity index (χ3v) is 2.62. The summed E-state index contributed by atoms with van der Waals surface area (Å²) in [6, 6.07) is 1.80. The van der Waals surface area contributed by atoms with Crippen LogP contribution < -0.4 is 5.73 Å². The van der Waals surface area contributed by atoms with Gasteiger partial charge in [-0.3, -0.25) is 4.79 Å². The van der Waals surface area contributed by atoms with Crippen LogP contribution in [0.5, 0.6) is 0 Å². The number of hydrogen-bond acceptors (Lipinski definition) is 3. The van der Waals surface area contributed by atoms with Crippen LogP contribution in [-0.4, -0.2) is 20.7 Å². The average molecular weight is 267 g/mol. The monoisotopic (exact) mass is 266 g/mol. The molecule has 0 aromatic carbocycles. The lowest BCUT2D eigenvalue weighted by atomic mass is 10.3. The van der Waals surface area contributed by atoms with Gasteiger partial charge in [0.05, 0.1) is 16.8 Å². The molecule has 0 aliphatic rings. The number of carbonyl (C=O) groups is 1. The molecule has 0 aliphatic carbocycles. The Kier molecular flexibility index (Phi) is 4.85. The van der Waals surface area contributed by atoms with E-state index in [9.17, 15) is 4.79 Å². The Bertz CT molecular complexity index is 551. The number of aromatic nitrogens is 3. The molecule has 2 rings (SSSR count). The molecule has 0 bridgehead atoms. The number of pyridine rings is 1. The average Bonchev–Trinajstić information content (AvgIpc) is 2.85. The largest absolute Gasteiger partial charge is 0.366 e. The van der Waals surface area contributed by atoms with Crippen molar-refractivity contribution in [2.75, 3.05) is 0 Å². The molecular formula is C12H15ClN4O. The smallest absolute Gasteiger partial charge is 0.251 e. The van der Waals surface area contributed by atoms with Crippen LogP contribution in [0.15, 0.2) is 24.7 Å². The molecule has 18 heavy (non-hydrogen) atoms. The summed E-state index contributed by atoms with van der Waals surface area (Å²) in [4.78, 5) is 15.0. The van der Waals surface area contributed by atoms with Crippen molar-refractivity contribution in [3.63, 3.8) is 0 Å². The molecule has 0 fully saturated rings. The SMILES string of the molecule is CC.Cc1ccnc(-n2cc(C(N)=O)cn2)c1Cl. The number of carbonyl (C=O) groups excluding carboxylic acids is 1. The highest BCUT2D eigenvalue weighted by Crippen LogP contribution is 2.21. The maximum absolute atomic E-state index is 10.9. The molecule has 96 valence electrons. The highest BCUT2D eigenvalue weighted by atomic mass is 35.5. The molecule has 2 heterocycles. The zero-order chi connectivity index (χ0) is 13.7. The van der Waals surface area contributed by atoms with Crippen molar-refractivity contribution in [1.82, 2.24) is 14.8 Å². The molecule has 0 unspecified atom stereocenters. The lowest BCUT2D eigenvalue weighted by molar-refractivity contribution is 0.100. The predicted octanol–water partition coefficient (Wildman–Crippen LogP) is 2.35. The van der Waals surface area contributed by atoms with Crippen molar-refractivity contribution in [2.24, 2.45) is 5.73 Å². The molecule has 6 heteroatoms. The summed E-state index contributed by atoms with van der Waals surface area (Å²) in [7, 11) is 0. The van der Waals surface area contributed by atoms with Crippen LogP contribution in [0.2, 0.25) is 5.02 Å². The van der Waals surface area contributed by atoms with E-state index in [0.29, 0.717) is 16.4 Å². The van der Waals surface area contributed by atoms with E-state index in [1.54, 1.807) is 12.3 Å². The fourth-order valence-corrected chi connectivity index (χ4v) is 1.45. The summed E-state index contributed by atoms with van der Waals surface area (Å²) in [5, 5.41) is 4.48. The van der Waals surface area contributed by atoms with Crippen molar-refractivity contribution in [3.05, 3.63) is 40.8 Å². The Morgan fingerprint density at radius 3 is 2.67 bits per heavy atom. The molecule has 2 N–H and O–H groups in total.